The second-order valence-corrected chi connectivity index (χ2v) is 6.55. The maximum atomic E-state index is 12.3. The first-order chi connectivity index (χ1) is 13.2. The molecule has 2 aliphatic rings. The molecule has 3 N–H and O–H groups in total. The van der Waals surface area contributed by atoms with E-state index in [-0.39, 0.29) is 18.8 Å². The molecule has 0 unspecified atom stereocenters. The molecule has 0 radical (unpaired) electrons. The molecule has 7 heteroatoms. The number of hydrogen-bond donors (Lipinski definition) is 2. The van der Waals surface area contributed by atoms with E-state index in [4.69, 9.17) is 24.7 Å². The van der Waals surface area contributed by atoms with Gasteiger partial charge in [-0.3, -0.25) is 4.79 Å². The van der Waals surface area contributed by atoms with Crippen molar-refractivity contribution in [3.63, 3.8) is 0 Å². The number of nitrogens with two attached hydrogens (primary N) is 1. The van der Waals surface area contributed by atoms with Gasteiger partial charge in [0.05, 0.1) is 6.10 Å². The summed E-state index contributed by atoms with van der Waals surface area (Å²) in [4.78, 5) is 12.3. The SMILES string of the molecule is NC[C@H]1CC[C@@H](C(=O)Nc2cccc(COc3ccc4c(c3)OCO4)c2)O1. The van der Waals surface area contributed by atoms with Gasteiger partial charge < -0.3 is 30.0 Å². The lowest BCUT2D eigenvalue weighted by molar-refractivity contribution is -0.126. The Morgan fingerprint density at radius 3 is 2.89 bits per heavy atom. The fourth-order valence-electron chi connectivity index (χ4n) is 3.17. The molecular formula is C20H22N2O5. The van der Waals surface area contributed by atoms with Gasteiger partial charge in [-0.05, 0) is 42.7 Å². The van der Waals surface area contributed by atoms with Crippen molar-refractivity contribution >= 4 is 11.6 Å². The first kappa shape index (κ1) is 17.6. The molecule has 2 atom stereocenters. The largest absolute Gasteiger partial charge is 0.489 e. The zero-order valence-corrected chi connectivity index (χ0v) is 14.9. The molecule has 1 saturated heterocycles. The number of rotatable bonds is 6. The molecule has 2 aromatic rings. The third-order valence-electron chi connectivity index (χ3n) is 4.61. The van der Waals surface area contributed by atoms with Crippen molar-refractivity contribution in [2.75, 3.05) is 18.7 Å². The first-order valence-corrected chi connectivity index (χ1v) is 8.99. The average Bonchev–Trinajstić information content (AvgIpc) is 3.35. The van der Waals surface area contributed by atoms with E-state index in [2.05, 4.69) is 5.32 Å². The van der Waals surface area contributed by atoms with Crippen LogP contribution in [-0.4, -0.2) is 31.5 Å². The Morgan fingerprint density at radius 1 is 1.15 bits per heavy atom. The molecule has 0 bridgehead atoms. The van der Waals surface area contributed by atoms with E-state index in [0.717, 1.165) is 17.7 Å². The molecule has 27 heavy (non-hydrogen) atoms. The molecule has 4 rings (SSSR count). The normalized spacial score (nSPS) is 20.5. The van der Waals surface area contributed by atoms with Gasteiger partial charge in [-0.15, -0.1) is 0 Å². The minimum absolute atomic E-state index is 0.0258. The number of nitrogens with one attached hydrogen (secondary N) is 1. The number of ether oxygens (including phenoxy) is 4. The van der Waals surface area contributed by atoms with E-state index in [0.29, 0.717) is 36.8 Å². The van der Waals surface area contributed by atoms with Gasteiger partial charge in [-0.25, -0.2) is 0 Å². The van der Waals surface area contributed by atoms with Crippen LogP contribution < -0.4 is 25.3 Å². The Morgan fingerprint density at radius 2 is 2.04 bits per heavy atom. The van der Waals surface area contributed by atoms with Gasteiger partial charge in [0.25, 0.3) is 5.91 Å². The first-order valence-electron chi connectivity index (χ1n) is 8.99. The van der Waals surface area contributed by atoms with Crippen molar-refractivity contribution in [3.8, 4) is 17.2 Å². The molecule has 0 aromatic heterocycles. The van der Waals surface area contributed by atoms with Crippen LogP contribution in [0.15, 0.2) is 42.5 Å². The smallest absolute Gasteiger partial charge is 0.253 e. The van der Waals surface area contributed by atoms with E-state index >= 15 is 0 Å². The molecule has 2 aromatic carbocycles. The fourth-order valence-corrected chi connectivity index (χ4v) is 3.17. The summed E-state index contributed by atoms with van der Waals surface area (Å²) >= 11 is 0. The third kappa shape index (κ3) is 4.15. The van der Waals surface area contributed by atoms with Gasteiger partial charge in [0.15, 0.2) is 11.5 Å². The Balaban J connectivity index is 1.34. The molecule has 0 aliphatic carbocycles. The second kappa shape index (κ2) is 7.85. The second-order valence-electron chi connectivity index (χ2n) is 6.55. The van der Waals surface area contributed by atoms with Crippen molar-refractivity contribution in [3.05, 3.63) is 48.0 Å². The van der Waals surface area contributed by atoms with Gasteiger partial charge in [-0.2, -0.15) is 0 Å². The highest BCUT2D eigenvalue weighted by atomic mass is 16.7. The highest BCUT2D eigenvalue weighted by Gasteiger charge is 2.29. The molecule has 7 nitrogen and oxygen atoms in total. The molecular weight excluding hydrogens is 348 g/mol. The predicted molar refractivity (Wildman–Crippen MR) is 98.9 cm³/mol. The van der Waals surface area contributed by atoms with Gasteiger partial charge in [0, 0.05) is 18.3 Å². The van der Waals surface area contributed by atoms with Crippen molar-refractivity contribution in [2.24, 2.45) is 5.73 Å². The molecule has 2 heterocycles. The highest BCUT2D eigenvalue weighted by molar-refractivity contribution is 5.94. The minimum atomic E-state index is -0.438. The van der Waals surface area contributed by atoms with E-state index in [1.165, 1.54) is 0 Å². The zero-order valence-electron chi connectivity index (χ0n) is 14.9. The molecule has 142 valence electrons. The highest BCUT2D eigenvalue weighted by Crippen LogP contribution is 2.35. The standard InChI is InChI=1S/C20H22N2O5/c21-10-16-5-7-18(27-16)20(23)22-14-3-1-2-13(8-14)11-24-15-4-6-17-19(9-15)26-12-25-17/h1-4,6,8-9,16,18H,5,7,10-12,21H2,(H,22,23)/t16-,18+/m1/s1. The number of benzene rings is 2. The number of carbonyl (C=O) groups excluding carboxylic acids is 1. The van der Waals surface area contributed by atoms with Crippen LogP contribution in [0.5, 0.6) is 17.2 Å². The Bertz CT molecular complexity index is 826. The molecule has 1 amide bonds. The summed E-state index contributed by atoms with van der Waals surface area (Å²) in [6.07, 6.45) is 1.05. The summed E-state index contributed by atoms with van der Waals surface area (Å²) in [7, 11) is 0. The third-order valence-corrected chi connectivity index (χ3v) is 4.61. The Hall–Kier alpha value is -2.77. The number of amides is 1. The average molecular weight is 370 g/mol. The van der Waals surface area contributed by atoms with Crippen LogP contribution in [0.3, 0.4) is 0 Å². The molecule has 2 aliphatic heterocycles. The maximum absolute atomic E-state index is 12.3. The van der Waals surface area contributed by atoms with Gasteiger partial charge in [0.2, 0.25) is 6.79 Å². The predicted octanol–water partition coefficient (Wildman–Crippen LogP) is 2.44. The minimum Gasteiger partial charge on any atom is -0.489 e. The summed E-state index contributed by atoms with van der Waals surface area (Å²) in [5.74, 6) is 1.96. The molecule has 1 fully saturated rings. The van der Waals surface area contributed by atoms with Crippen molar-refractivity contribution in [1.82, 2.24) is 0 Å². The zero-order chi connectivity index (χ0) is 18.6. The fraction of sp³-hybridized carbons (Fsp3) is 0.350. The van der Waals surface area contributed by atoms with Crippen molar-refractivity contribution in [1.29, 1.82) is 0 Å². The molecule has 0 spiro atoms. The van der Waals surface area contributed by atoms with Crippen molar-refractivity contribution in [2.45, 2.75) is 31.7 Å². The van der Waals surface area contributed by atoms with Crippen LogP contribution in [0, 0.1) is 0 Å². The number of anilines is 1. The van der Waals surface area contributed by atoms with Crippen molar-refractivity contribution < 1.29 is 23.7 Å². The lowest BCUT2D eigenvalue weighted by atomic mass is 10.1. The summed E-state index contributed by atoms with van der Waals surface area (Å²) in [6, 6.07) is 13.0. The van der Waals surface area contributed by atoms with Gasteiger partial charge in [0.1, 0.15) is 18.5 Å². The van der Waals surface area contributed by atoms with E-state index in [9.17, 15) is 4.79 Å². The van der Waals surface area contributed by atoms with Crippen LogP contribution in [-0.2, 0) is 16.1 Å². The van der Waals surface area contributed by atoms with E-state index in [1.54, 1.807) is 6.07 Å². The summed E-state index contributed by atoms with van der Waals surface area (Å²) in [6.45, 7) is 1.05. The lowest BCUT2D eigenvalue weighted by Gasteiger charge is -2.13. The van der Waals surface area contributed by atoms with Crippen LogP contribution in [0.25, 0.3) is 0 Å². The quantitative estimate of drug-likeness (QED) is 0.811. The Kier molecular flexibility index (Phi) is 5.13. The monoisotopic (exact) mass is 370 g/mol. The van der Waals surface area contributed by atoms with Gasteiger partial charge in [-0.1, -0.05) is 12.1 Å². The maximum Gasteiger partial charge on any atom is 0.253 e. The van der Waals surface area contributed by atoms with E-state index in [1.807, 2.05) is 36.4 Å². The van der Waals surface area contributed by atoms with Crippen LogP contribution in [0.2, 0.25) is 0 Å². The summed E-state index contributed by atoms with van der Waals surface area (Å²) in [5.41, 5.74) is 7.25. The summed E-state index contributed by atoms with van der Waals surface area (Å²) in [5, 5.41) is 2.90. The number of carbonyl (C=O) groups is 1. The van der Waals surface area contributed by atoms with Crippen LogP contribution in [0.4, 0.5) is 5.69 Å². The van der Waals surface area contributed by atoms with Crippen LogP contribution >= 0.6 is 0 Å². The molecule has 0 saturated carbocycles. The Labute approximate surface area is 157 Å². The number of fused-ring (bicyclic) bond motifs is 1. The summed E-state index contributed by atoms with van der Waals surface area (Å²) < 4.78 is 22.1. The van der Waals surface area contributed by atoms with Gasteiger partial charge >= 0.3 is 0 Å². The van der Waals surface area contributed by atoms with Crippen LogP contribution in [0.1, 0.15) is 18.4 Å². The topological polar surface area (TPSA) is 92.0 Å². The van der Waals surface area contributed by atoms with E-state index < -0.39 is 6.10 Å². The lowest BCUT2D eigenvalue weighted by Crippen LogP contribution is -2.29. The number of hydrogen-bond acceptors (Lipinski definition) is 6.